The van der Waals surface area contributed by atoms with E-state index in [1.807, 2.05) is 27.0 Å². The number of aromatic nitrogens is 2. The maximum atomic E-state index is 12.3. The fraction of sp³-hybridized carbons (Fsp3) is 0.684. The van der Waals surface area contributed by atoms with Gasteiger partial charge in [-0.1, -0.05) is 25.7 Å². The monoisotopic (exact) mass is 413 g/mol. The van der Waals surface area contributed by atoms with Crippen LogP contribution in [0.3, 0.4) is 0 Å². The number of hydrogen-bond acceptors (Lipinski definition) is 4. The second kappa shape index (κ2) is 8.79. The Morgan fingerprint density at radius 3 is 2.67 bits per heavy atom. The van der Waals surface area contributed by atoms with Crippen LogP contribution in [0.25, 0.3) is 5.57 Å². The lowest BCUT2D eigenvalue weighted by Gasteiger charge is -2.29. The first-order chi connectivity index (χ1) is 12.4. The molecule has 0 unspecified atom stereocenters. The SMILES string of the molecule is CC(C)(C)OC(=O)N1CCC=C(c2cn(COCC[Si](C)(C)C)c(Cl)n2)C1. The highest BCUT2D eigenvalue weighted by Crippen LogP contribution is 2.23. The number of carbonyl (C=O) groups is 1. The predicted octanol–water partition coefficient (Wildman–Crippen LogP) is 4.87. The van der Waals surface area contributed by atoms with Crippen LogP contribution in [-0.4, -0.2) is 53.9 Å². The van der Waals surface area contributed by atoms with Gasteiger partial charge in [-0.25, -0.2) is 9.78 Å². The van der Waals surface area contributed by atoms with E-state index in [4.69, 9.17) is 21.1 Å². The maximum Gasteiger partial charge on any atom is 0.410 e. The summed E-state index contributed by atoms with van der Waals surface area (Å²) < 4.78 is 13.0. The maximum absolute atomic E-state index is 12.3. The van der Waals surface area contributed by atoms with Gasteiger partial charge in [0, 0.05) is 27.4 Å². The molecule has 1 aliphatic heterocycles. The molecule has 152 valence electrons. The first-order valence-electron chi connectivity index (χ1n) is 9.42. The number of ether oxygens (including phenoxy) is 2. The van der Waals surface area contributed by atoms with Crippen LogP contribution in [-0.2, 0) is 16.2 Å². The van der Waals surface area contributed by atoms with Crippen LogP contribution >= 0.6 is 11.6 Å². The van der Waals surface area contributed by atoms with Gasteiger partial charge in [0.1, 0.15) is 12.3 Å². The van der Waals surface area contributed by atoms with E-state index in [9.17, 15) is 4.79 Å². The number of hydrogen-bond donors (Lipinski definition) is 0. The van der Waals surface area contributed by atoms with Crippen LogP contribution in [0.4, 0.5) is 4.79 Å². The topological polar surface area (TPSA) is 56.6 Å². The fourth-order valence-electron chi connectivity index (χ4n) is 2.59. The van der Waals surface area contributed by atoms with Crippen LogP contribution < -0.4 is 0 Å². The molecule has 0 bridgehead atoms. The van der Waals surface area contributed by atoms with Gasteiger partial charge in [0.15, 0.2) is 0 Å². The van der Waals surface area contributed by atoms with Crippen molar-refractivity contribution in [2.45, 2.75) is 65.2 Å². The molecule has 8 heteroatoms. The van der Waals surface area contributed by atoms with E-state index < -0.39 is 13.7 Å². The molecule has 0 aliphatic carbocycles. The molecule has 1 aromatic rings. The normalized spacial score (nSPS) is 15.7. The van der Waals surface area contributed by atoms with Gasteiger partial charge in [-0.3, -0.25) is 4.57 Å². The molecule has 0 spiro atoms. The Morgan fingerprint density at radius 1 is 1.33 bits per heavy atom. The van der Waals surface area contributed by atoms with Crippen LogP contribution in [0, 0.1) is 0 Å². The van der Waals surface area contributed by atoms with Crippen molar-refractivity contribution in [2.75, 3.05) is 19.7 Å². The van der Waals surface area contributed by atoms with E-state index in [0.29, 0.717) is 25.1 Å². The van der Waals surface area contributed by atoms with E-state index >= 15 is 0 Å². The number of rotatable bonds is 6. The third kappa shape index (κ3) is 7.31. The van der Waals surface area contributed by atoms with Crippen molar-refractivity contribution < 1.29 is 14.3 Å². The third-order valence-corrected chi connectivity index (χ3v) is 6.09. The molecule has 1 aliphatic rings. The summed E-state index contributed by atoms with van der Waals surface area (Å²) in [4.78, 5) is 18.5. The van der Waals surface area contributed by atoms with Crippen molar-refractivity contribution in [3.05, 3.63) is 23.3 Å². The van der Waals surface area contributed by atoms with Crippen molar-refractivity contribution in [1.29, 1.82) is 0 Å². The van der Waals surface area contributed by atoms with Crippen molar-refractivity contribution in [3.63, 3.8) is 0 Å². The third-order valence-electron chi connectivity index (χ3n) is 4.09. The van der Waals surface area contributed by atoms with Gasteiger partial charge in [-0.15, -0.1) is 0 Å². The van der Waals surface area contributed by atoms with Gasteiger partial charge in [0.25, 0.3) is 0 Å². The Morgan fingerprint density at radius 2 is 2.04 bits per heavy atom. The molecule has 2 heterocycles. The Labute approximate surface area is 168 Å². The smallest absolute Gasteiger partial charge is 0.410 e. The second-order valence-electron chi connectivity index (χ2n) is 9.13. The minimum Gasteiger partial charge on any atom is -0.444 e. The molecule has 0 aromatic carbocycles. The molecule has 27 heavy (non-hydrogen) atoms. The van der Waals surface area contributed by atoms with Crippen molar-refractivity contribution in [2.24, 2.45) is 0 Å². The molecule has 1 aromatic heterocycles. The lowest BCUT2D eigenvalue weighted by atomic mass is 10.1. The molecule has 0 saturated heterocycles. The molecule has 2 rings (SSSR count). The molecule has 0 saturated carbocycles. The average Bonchev–Trinajstić information content (AvgIpc) is 2.90. The highest BCUT2D eigenvalue weighted by atomic mass is 35.5. The molecule has 0 N–H and O–H groups in total. The van der Waals surface area contributed by atoms with E-state index in [-0.39, 0.29) is 6.09 Å². The van der Waals surface area contributed by atoms with Gasteiger partial charge >= 0.3 is 6.09 Å². The fourth-order valence-corrected chi connectivity index (χ4v) is 3.54. The standard InChI is InChI=1S/C19H32ClN3O3Si/c1-19(2,3)26-18(24)22-9-7-8-15(12-22)16-13-23(17(20)21-16)14-25-10-11-27(4,5)6/h8,13H,7,9-12,14H2,1-6H3. The van der Waals surface area contributed by atoms with Gasteiger partial charge in [0.2, 0.25) is 5.28 Å². The zero-order valence-electron chi connectivity index (χ0n) is 17.3. The predicted molar refractivity (Wildman–Crippen MR) is 112 cm³/mol. The van der Waals surface area contributed by atoms with E-state index in [1.54, 1.807) is 9.47 Å². The lowest BCUT2D eigenvalue weighted by Crippen LogP contribution is -2.39. The van der Waals surface area contributed by atoms with E-state index in [1.165, 1.54) is 0 Å². The van der Waals surface area contributed by atoms with Crippen molar-refractivity contribution in [3.8, 4) is 0 Å². The molecule has 1 amide bonds. The van der Waals surface area contributed by atoms with E-state index in [0.717, 1.165) is 30.3 Å². The highest BCUT2D eigenvalue weighted by Gasteiger charge is 2.25. The van der Waals surface area contributed by atoms with Gasteiger partial charge in [-0.05, 0) is 50.4 Å². The van der Waals surface area contributed by atoms with Gasteiger partial charge < -0.3 is 14.4 Å². The molecule has 0 radical (unpaired) electrons. The summed E-state index contributed by atoms with van der Waals surface area (Å²) in [7, 11) is -1.11. The van der Waals surface area contributed by atoms with Crippen LogP contribution in [0.5, 0.6) is 0 Å². The van der Waals surface area contributed by atoms with E-state index in [2.05, 4.69) is 30.7 Å². The molecule has 6 nitrogen and oxygen atoms in total. The van der Waals surface area contributed by atoms with Crippen LogP contribution in [0.2, 0.25) is 31.0 Å². The molecule has 0 atom stereocenters. The Bertz CT molecular complexity index is 689. The molecular formula is C19H32ClN3O3Si. The zero-order valence-corrected chi connectivity index (χ0v) is 19.1. The Hall–Kier alpha value is -1.31. The average molecular weight is 414 g/mol. The minimum absolute atomic E-state index is 0.298. The summed E-state index contributed by atoms with van der Waals surface area (Å²) in [5.74, 6) is 0. The Balaban J connectivity index is 1.96. The first kappa shape index (κ1) is 22.0. The summed E-state index contributed by atoms with van der Waals surface area (Å²) in [6.07, 6.45) is 4.47. The zero-order chi connectivity index (χ0) is 20.2. The summed E-state index contributed by atoms with van der Waals surface area (Å²) in [5.41, 5.74) is 1.26. The summed E-state index contributed by atoms with van der Waals surface area (Å²) in [6, 6.07) is 1.11. The van der Waals surface area contributed by atoms with Crippen molar-refractivity contribution in [1.82, 2.24) is 14.5 Å². The molecule has 0 fully saturated rings. The highest BCUT2D eigenvalue weighted by molar-refractivity contribution is 6.76. The summed E-state index contributed by atoms with van der Waals surface area (Å²) in [6.45, 7) is 14.8. The molecular weight excluding hydrogens is 382 g/mol. The number of nitrogens with zero attached hydrogens (tertiary/aromatic N) is 3. The summed E-state index contributed by atoms with van der Waals surface area (Å²) in [5, 5.41) is 0.397. The number of halogens is 1. The van der Waals surface area contributed by atoms with Gasteiger partial charge in [-0.2, -0.15) is 0 Å². The first-order valence-corrected chi connectivity index (χ1v) is 13.5. The Kier molecular flexibility index (Phi) is 7.16. The number of imidazole rings is 1. The minimum atomic E-state index is -1.11. The quantitative estimate of drug-likeness (QED) is 0.493. The summed E-state index contributed by atoms with van der Waals surface area (Å²) >= 11 is 6.27. The lowest BCUT2D eigenvalue weighted by molar-refractivity contribution is 0.0273. The van der Waals surface area contributed by atoms with Crippen LogP contribution in [0.15, 0.2) is 12.3 Å². The largest absolute Gasteiger partial charge is 0.444 e. The van der Waals surface area contributed by atoms with Crippen LogP contribution in [0.1, 0.15) is 32.9 Å². The number of amides is 1. The second-order valence-corrected chi connectivity index (χ2v) is 15.1. The van der Waals surface area contributed by atoms with Crippen molar-refractivity contribution >= 4 is 31.3 Å². The number of carbonyl (C=O) groups excluding carboxylic acids is 1. The van der Waals surface area contributed by atoms with Gasteiger partial charge in [0.05, 0.1) is 12.2 Å².